The molecule has 1 saturated heterocycles. The van der Waals surface area contributed by atoms with E-state index in [0.717, 1.165) is 56.9 Å². The predicted octanol–water partition coefficient (Wildman–Crippen LogP) is 2.75. The molecule has 1 aromatic heterocycles. The number of allylic oxidation sites excluding steroid dienone is 1. The normalized spacial score (nSPS) is 50.5. The minimum absolute atomic E-state index is 0.00898. The number of fused-ring (bicyclic) bond motifs is 5. The number of rotatable bonds is 3. The molecule has 0 bridgehead atoms. The van der Waals surface area contributed by atoms with Crippen molar-refractivity contribution in [1.29, 1.82) is 0 Å². The van der Waals surface area contributed by atoms with E-state index in [-0.39, 0.29) is 34.3 Å². The van der Waals surface area contributed by atoms with E-state index in [1.807, 2.05) is 12.3 Å². The molecule has 4 aliphatic carbocycles. The summed E-state index contributed by atoms with van der Waals surface area (Å²) in [5, 5.41) is 43.0. The highest BCUT2D eigenvalue weighted by Crippen LogP contribution is 2.70. The Morgan fingerprint density at radius 2 is 1.76 bits per heavy atom. The highest BCUT2D eigenvalue weighted by Gasteiger charge is 2.66. The molecule has 8 heteroatoms. The van der Waals surface area contributed by atoms with Crippen molar-refractivity contribution in [3.05, 3.63) is 45.9 Å². The lowest BCUT2D eigenvalue weighted by Gasteiger charge is -2.62. The van der Waals surface area contributed by atoms with Crippen molar-refractivity contribution in [3.8, 4) is 0 Å². The number of H-pyrrole nitrogens is 1. The van der Waals surface area contributed by atoms with E-state index in [9.17, 15) is 25.2 Å². The van der Waals surface area contributed by atoms with Crippen LogP contribution in [0, 0.1) is 22.7 Å². The zero-order valence-corrected chi connectivity index (χ0v) is 22.7. The molecule has 12 atom stereocenters. The van der Waals surface area contributed by atoms with Gasteiger partial charge in [-0.25, -0.2) is 0 Å². The van der Waals surface area contributed by atoms with Gasteiger partial charge in [0.05, 0.1) is 17.8 Å². The van der Waals surface area contributed by atoms with Gasteiger partial charge in [-0.3, -0.25) is 4.79 Å². The van der Waals surface area contributed by atoms with E-state index in [1.54, 1.807) is 13.0 Å². The second-order valence-electron chi connectivity index (χ2n) is 13.2. The average molecular weight is 530 g/mol. The van der Waals surface area contributed by atoms with Crippen molar-refractivity contribution in [2.24, 2.45) is 22.7 Å². The first kappa shape index (κ1) is 26.7. The fraction of sp³-hybridized carbons (Fsp3) is 0.767. The molecule has 38 heavy (non-hydrogen) atoms. The highest BCUT2D eigenvalue weighted by atomic mass is 16.7. The Balaban J connectivity index is 1.21. The van der Waals surface area contributed by atoms with Gasteiger partial charge in [-0.05, 0) is 87.0 Å². The molecule has 0 radical (unpaired) electrons. The van der Waals surface area contributed by atoms with Gasteiger partial charge >= 0.3 is 0 Å². The van der Waals surface area contributed by atoms with E-state index in [1.165, 1.54) is 5.57 Å². The third-order valence-electron chi connectivity index (χ3n) is 11.6. The van der Waals surface area contributed by atoms with E-state index >= 15 is 0 Å². The number of hydrogen-bond acceptors (Lipinski definition) is 7. The molecule has 12 unspecified atom stereocenters. The molecule has 3 saturated carbocycles. The second kappa shape index (κ2) is 9.25. The van der Waals surface area contributed by atoms with Crippen LogP contribution in [0.2, 0.25) is 0 Å². The number of pyridine rings is 1. The summed E-state index contributed by atoms with van der Waals surface area (Å²) in [5.41, 5.74) is 1.44. The summed E-state index contributed by atoms with van der Waals surface area (Å²) in [6.07, 6.45) is 5.77. The molecule has 0 spiro atoms. The number of aliphatic hydroxyl groups is 4. The zero-order valence-electron chi connectivity index (χ0n) is 22.7. The topological polar surface area (TPSA) is 132 Å². The van der Waals surface area contributed by atoms with Gasteiger partial charge in [0.15, 0.2) is 6.29 Å². The van der Waals surface area contributed by atoms with E-state index in [2.05, 4.69) is 24.9 Å². The summed E-state index contributed by atoms with van der Waals surface area (Å²) in [4.78, 5) is 14.5. The van der Waals surface area contributed by atoms with Gasteiger partial charge in [-0.15, -0.1) is 0 Å². The average Bonchev–Trinajstić information content (AvgIpc) is 3.18. The first-order valence-electron chi connectivity index (χ1n) is 14.5. The summed E-state index contributed by atoms with van der Waals surface area (Å²) < 4.78 is 11.8. The standard InChI is InChI=1S/C30H43NO7/c1-16-24(33)25(34)26(35)27(37-16)38-19-8-11-28(2)18(14-19)5-6-22-21(28)9-12-29(3)20(10-13-30(22,29)36)17-4-7-23(32)31-15-17/h4,7,14-16,19-22,24-27,33-36H,5-6,8-13H2,1-3H3,(H,31,32). The van der Waals surface area contributed by atoms with Crippen molar-refractivity contribution in [2.45, 2.75) is 120 Å². The number of ether oxygens (including phenoxy) is 2. The molecule has 1 aliphatic heterocycles. The molecule has 2 heterocycles. The fourth-order valence-electron chi connectivity index (χ4n) is 9.25. The summed E-state index contributed by atoms with van der Waals surface area (Å²) in [6, 6.07) is 3.53. The van der Waals surface area contributed by atoms with E-state index < -0.39 is 36.3 Å². The van der Waals surface area contributed by atoms with Gasteiger partial charge in [-0.1, -0.05) is 31.6 Å². The highest BCUT2D eigenvalue weighted by molar-refractivity contribution is 5.31. The first-order chi connectivity index (χ1) is 18.0. The Kier molecular flexibility index (Phi) is 6.49. The lowest BCUT2D eigenvalue weighted by molar-refractivity contribution is -0.301. The lowest BCUT2D eigenvalue weighted by atomic mass is 9.45. The summed E-state index contributed by atoms with van der Waals surface area (Å²) in [6.45, 7) is 6.30. The number of nitrogens with one attached hydrogen (secondary N) is 1. The van der Waals surface area contributed by atoms with Gasteiger partial charge in [-0.2, -0.15) is 0 Å². The van der Waals surface area contributed by atoms with Crippen molar-refractivity contribution < 1.29 is 29.9 Å². The van der Waals surface area contributed by atoms with Crippen molar-refractivity contribution in [2.75, 3.05) is 0 Å². The zero-order chi connectivity index (χ0) is 27.0. The van der Waals surface area contributed by atoms with E-state index in [0.29, 0.717) is 5.92 Å². The molecule has 4 fully saturated rings. The minimum atomic E-state index is -1.30. The third kappa shape index (κ3) is 3.82. The van der Waals surface area contributed by atoms with E-state index in [4.69, 9.17) is 9.47 Å². The van der Waals surface area contributed by atoms with Gasteiger partial charge in [0.25, 0.3) is 0 Å². The largest absolute Gasteiger partial charge is 0.389 e. The van der Waals surface area contributed by atoms with Crippen LogP contribution in [0.4, 0.5) is 0 Å². The maximum atomic E-state index is 12.4. The molecule has 6 rings (SSSR count). The Bertz CT molecular complexity index is 1130. The van der Waals surface area contributed by atoms with Crippen LogP contribution in [0.5, 0.6) is 0 Å². The maximum absolute atomic E-state index is 12.4. The summed E-state index contributed by atoms with van der Waals surface area (Å²) in [5.74, 6) is 0.858. The number of aromatic amines is 1. The molecular weight excluding hydrogens is 486 g/mol. The molecule has 5 N–H and O–H groups in total. The number of aromatic nitrogens is 1. The Morgan fingerprint density at radius 3 is 2.50 bits per heavy atom. The van der Waals surface area contributed by atoms with Crippen molar-refractivity contribution in [1.82, 2.24) is 4.98 Å². The van der Waals surface area contributed by atoms with Gasteiger partial charge in [0, 0.05) is 17.7 Å². The van der Waals surface area contributed by atoms with Gasteiger partial charge < -0.3 is 34.9 Å². The Hall–Kier alpha value is -1.55. The SMILES string of the molecule is CC1OC(OC2C=C3CCC4C(CCC5(C)C(c6ccc(=O)[nH]c6)CCC45O)C3(C)CC2)C(O)C(O)C1O. The van der Waals surface area contributed by atoms with Crippen LogP contribution in [0.1, 0.15) is 83.6 Å². The van der Waals surface area contributed by atoms with Crippen LogP contribution in [0.25, 0.3) is 0 Å². The maximum Gasteiger partial charge on any atom is 0.247 e. The van der Waals surface area contributed by atoms with Crippen LogP contribution in [-0.2, 0) is 9.47 Å². The minimum Gasteiger partial charge on any atom is -0.389 e. The van der Waals surface area contributed by atoms with Crippen LogP contribution in [-0.4, -0.2) is 67.8 Å². The fourth-order valence-corrected chi connectivity index (χ4v) is 9.25. The molecule has 8 nitrogen and oxygen atoms in total. The number of aliphatic hydroxyl groups excluding tert-OH is 3. The van der Waals surface area contributed by atoms with Gasteiger partial charge in [0.2, 0.25) is 5.56 Å². The molecule has 210 valence electrons. The van der Waals surface area contributed by atoms with Crippen LogP contribution in [0.15, 0.2) is 34.8 Å². The first-order valence-corrected chi connectivity index (χ1v) is 14.5. The molecular formula is C30H43NO7. The van der Waals surface area contributed by atoms with Gasteiger partial charge in [0.1, 0.15) is 18.3 Å². The van der Waals surface area contributed by atoms with Crippen molar-refractivity contribution >= 4 is 0 Å². The monoisotopic (exact) mass is 529 g/mol. The van der Waals surface area contributed by atoms with Crippen LogP contribution < -0.4 is 5.56 Å². The smallest absolute Gasteiger partial charge is 0.247 e. The summed E-state index contributed by atoms with van der Waals surface area (Å²) >= 11 is 0. The molecule has 0 amide bonds. The van der Waals surface area contributed by atoms with Crippen LogP contribution >= 0.6 is 0 Å². The Labute approximate surface area is 224 Å². The Morgan fingerprint density at radius 1 is 0.974 bits per heavy atom. The number of hydrogen-bond donors (Lipinski definition) is 5. The predicted molar refractivity (Wildman–Crippen MR) is 140 cm³/mol. The molecule has 5 aliphatic rings. The second-order valence-corrected chi connectivity index (χ2v) is 13.2. The van der Waals surface area contributed by atoms with Crippen LogP contribution in [0.3, 0.4) is 0 Å². The van der Waals surface area contributed by atoms with Crippen molar-refractivity contribution in [3.63, 3.8) is 0 Å². The quantitative estimate of drug-likeness (QED) is 0.381. The third-order valence-corrected chi connectivity index (χ3v) is 11.6. The molecule has 0 aromatic carbocycles. The molecule has 1 aromatic rings. The lowest BCUT2D eigenvalue weighted by Crippen LogP contribution is -2.60. The summed E-state index contributed by atoms with van der Waals surface area (Å²) in [7, 11) is 0.